The maximum Gasteiger partial charge on any atom is 0.255 e. The third-order valence-electron chi connectivity index (χ3n) is 8.16. The predicted octanol–water partition coefficient (Wildman–Crippen LogP) is 4.11. The number of nitrogens with one attached hydrogen (secondary N) is 2. The van der Waals surface area contributed by atoms with Crippen LogP contribution in [0, 0.1) is 6.92 Å². The minimum Gasteiger partial charge on any atom is -0.381 e. The van der Waals surface area contributed by atoms with Crippen LogP contribution in [0.3, 0.4) is 0 Å². The second kappa shape index (κ2) is 13.0. The number of rotatable bonds is 8. The van der Waals surface area contributed by atoms with Crippen molar-refractivity contribution in [3.63, 3.8) is 0 Å². The number of aryl methyl sites for hydroxylation is 1. The maximum atomic E-state index is 13.3. The lowest BCUT2D eigenvalue weighted by molar-refractivity contribution is -0.0533. The van der Waals surface area contributed by atoms with E-state index in [0.29, 0.717) is 30.8 Å². The van der Waals surface area contributed by atoms with Crippen LogP contribution in [0.1, 0.15) is 66.1 Å². The number of pyridine rings is 1. The van der Waals surface area contributed by atoms with Gasteiger partial charge in [0, 0.05) is 57.8 Å². The number of ether oxygens (including phenoxy) is 3. The van der Waals surface area contributed by atoms with E-state index in [4.69, 9.17) is 14.2 Å². The molecule has 0 spiro atoms. The molecule has 8 nitrogen and oxygen atoms in total. The van der Waals surface area contributed by atoms with Crippen molar-refractivity contribution in [2.24, 2.45) is 0 Å². The molecular formula is C30H42N4O4. The van der Waals surface area contributed by atoms with Gasteiger partial charge in [-0.05, 0) is 57.1 Å². The van der Waals surface area contributed by atoms with E-state index in [1.54, 1.807) is 19.5 Å². The van der Waals surface area contributed by atoms with Gasteiger partial charge < -0.3 is 29.7 Å². The first-order chi connectivity index (χ1) is 18.6. The Labute approximate surface area is 226 Å². The first-order valence-corrected chi connectivity index (χ1v) is 14.2. The van der Waals surface area contributed by atoms with Gasteiger partial charge in [0.1, 0.15) is 0 Å². The molecular weight excluding hydrogens is 480 g/mol. The Bertz CT molecular complexity index is 1040. The number of methoxy groups -OCH3 is 1. The summed E-state index contributed by atoms with van der Waals surface area (Å²) >= 11 is 0. The van der Waals surface area contributed by atoms with Crippen molar-refractivity contribution in [3.05, 3.63) is 59.4 Å². The predicted molar refractivity (Wildman–Crippen MR) is 147 cm³/mol. The van der Waals surface area contributed by atoms with E-state index in [9.17, 15) is 4.79 Å². The van der Waals surface area contributed by atoms with Crippen LogP contribution in [0.4, 0.5) is 5.69 Å². The first kappa shape index (κ1) is 27.1. The highest BCUT2D eigenvalue weighted by Crippen LogP contribution is 2.31. The molecule has 5 rings (SSSR count). The number of nitrogens with zero attached hydrogens (tertiary/aromatic N) is 2. The molecule has 3 saturated heterocycles. The van der Waals surface area contributed by atoms with E-state index < -0.39 is 0 Å². The van der Waals surface area contributed by atoms with Crippen LogP contribution in [-0.2, 0) is 14.2 Å². The van der Waals surface area contributed by atoms with E-state index in [1.165, 1.54) is 11.1 Å². The van der Waals surface area contributed by atoms with Crippen molar-refractivity contribution >= 4 is 11.6 Å². The van der Waals surface area contributed by atoms with Gasteiger partial charge >= 0.3 is 0 Å². The number of piperidine rings is 1. The largest absolute Gasteiger partial charge is 0.381 e. The highest BCUT2D eigenvalue weighted by molar-refractivity contribution is 5.94. The standard InChI is InChI=1S/C30H42N4O4/c1-21-6-8-22(9-7-21)28-5-3-4-26(38-28)19-32-25-16-23(17-31-18-25)30(35)34-13-10-24(11-14-34)33-27-12-15-37-20-29(27)36-2/h6-9,16-18,24,26-29,32-33H,3-5,10-15,19-20H2,1-2H3/t26-,27+,28+,29?/m1/s1. The van der Waals surface area contributed by atoms with Crippen LogP contribution in [0.15, 0.2) is 42.7 Å². The fraction of sp³-hybridized carbons (Fsp3) is 0.600. The second-order valence-electron chi connectivity index (χ2n) is 10.9. The van der Waals surface area contributed by atoms with Crippen molar-refractivity contribution in [1.29, 1.82) is 0 Å². The van der Waals surface area contributed by atoms with Crippen molar-refractivity contribution in [1.82, 2.24) is 15.2 Å². The summed E-state index contributed by atoms with van der Waals surface area (Å²) in [6.07, 6.45) is 9.90. The summed E-state index contributed by atoms with van der Waals surface area (Å²) in [4.78, 5) is 19.6. The molecule has 2 N–H and O–H groups in total. The van der Waals surface area contributed by atoms with Crippen LogP contribution in [0.25, 0.3) is 0 Å². The number of amides is 1. The molecule has 0 aliphatic carbocycles. The molecule has 4 atom stereocenters. The first-order valence-electron chi connectivity index (χ1n) is 14.2. The number of likely N-dealkylation sites (tertiary alicyclic amines) is 1. The summed E-state index contributed by atoms with van der Waals surface area (Å²) in [5.41, 5.74) is 4.01. The highest BCUT2D eigenvalue weighted by atomic mass is 16.5. The van der Waals surface area contributed by atoms with Gasteiger partial charge in [-0.25, -0.2) is 0 Å². The second-order valence-corrected chi connectivity index (χ2v) is 10.9. The number of anilines is 1. The number of hydrogen-bond donors (Lipinski definition) is 2. The molecule has 3 fully saturated rings. The van der Waals surface area contributed by atoms with E-state index >= 15 is 0 Å². The van der Waals surface area contributed by atoms with Crippen LogP contribution in [-0.4, -0.2) is 80.0 Å². The Balaban J connectivity index is 1.10. The number of carbonyl (C=O) groups excluding carboxylic acids is 1. The molecule has 38 heavy (non-hydrogen) atoms. The molecule has 1 unspecified atom stereocenters. The van der Waals surface area contributed by atoms with Crippen LogP contribution < -0.4 is 10.6 Å². The van der Waals surface area contributed by atoms with Crippen LogP contribution in [0.5, 0.6) is 0 Å². The number of hydrogen-bond acceptors (Lipinski definition) is 7. The van der Waals surface area contributed by atoms with Gasteiger partial charge in [-0.15, -0.1) is 0 Å². The molecule has 1 aromatic carbocycles. The Morgan fingerprint density at radius 2 is 1.92 bits per heavy atom. The fourth-order valence-corrected chi connectivity index (χ4v) is 5.83. The molecule has 2 aromatic rings. The lowest BCUT2D eigenvalue weighted by Crippen LogP contribution is -2.54. The topological polar surface area (TPSA) is 85.0 Å². The SMILES string of the molecule is COC1COCC[C@@H]1NC1CCN(C(=O)c2cncc(NC[C@H]3CCC[C@@H](c4ccc(C)cc4)O3)c2)CC1. The normalized spacial score (nSPS) is 26.7. The number of carbonyl (C=O) groups is 1. The Morgan fingerprint density at radius 3 is 2.71 bits per heavy atom. The van der Waals surface area contributed by atoms with Crippen molar-refractivity contribution in [3.8, 4) is 0 Å². The lowest BCUT2D eigenvalue weighted by atomic mass is 9.97. The zero-order chi connectivity index (χ0) is 26.3. The fourth-order valence-electron chi connectivity index (χ4n) is 5.83. The van der Waals surface area contributed by atoms with Gasteiger partial charge in [0.25, 0.3) is 5.91 Å². The molecule has 3 aliphatic heterocycles. The average Bonchev–Trinajstić information content (AvgIpc) is 2.97. The van der Waals surface area contributed by atoms with Crippen LogP contribution in [0.2, 0.25) is 0 Å². The van der Waals surface area contributed by atoms with E-state index in [0.717, 1.165) is 63.9 Å². The summed E-state index contributed by atoms with van der Waals surface area (Å²) in [6, 6.07) is 11.3. The van der Waals surface area contributed by atoms with Gasteiger partial charge in [-0.1, -0.05) is 29.8 Å². The third-order valence-corrected chi connectivity index (χ3v) is 8.16. The summed E-state index contributed by atoms with van der Waals surface area (Å²) in [5.74, 6) is 0.0498. The van der Waals surface area contributed by atoms with Gasteiger partial charge in [0.2, 0.25) is 0 Å². The molecule has 3 aliphatic rings. The van der Waals surface area contributed by atoms with Gasteiger partial charge in [-0.3, -0.25) is 9.78 Å². The highest BCUT2D eigenvalue weighted by Gasteiger charge is 2.30. The molecule has 0 bridgehead atoms. The van der Waals surface area contributed by atoms with Crippen molar-refractivity contribution in [2.75, 3.05) is 45.3 Å². The smallest absolute Gasteiger partial charge is 0.255 e. The van der Waals surface area contributed by atoms with E-state index in [2.05, 4.69) is 46.8 Å². The van der Waals surface area contributed by atoms with E-state index in [1.807, 2.05) is 11.0 Å². The zero-order valence-corrected chi connectivity index (χ0v) is 22.7. The molecule has 0 saturated carbocycles. The quantitative estimate of drug-likeness (QED) is 0.540. The molecule has 1 amide bonds. The van der Waals surface area contributed by atoms with Gasteiger partial charge in [0.05, 0.1) is 36.2 Å². The van der Waals surface area contributed by atoms with Gasteiger partial charge in [-0.2, -0.15) is 0 Å². The molecule has 1 aromatic heterocycles. The Kier molecular flexibility index (Phi) is 9.27. The third kappa shape index (κ3) is 6.91. The van der Waals surface area contributed by atoms with Crippen molar-refractivity contribution in [2.45, 2.75) is 75.8 Å². The molecule has 206 valence electrons. The van der Waals surface area contributed by atoms with Crippen molar-refractivity contribution < 1.29 is 19.0 Å². The zero-order valence-electron chi connectivity index (χ0n) is 22.7. The summed E-state index contributed by atoms with van der Waals surface area (Å²) in [7, 11) is 1.75. The lowest BCUT2D eigenvalue weighted by Gasteiger charge is -2.38. The summed E-state index contributed by atoms with van der Waals surface area (Å²) < 4.78 is 17.5. The number of benzene rings is 1. The molecule has 4 heterocycles. The Hall–Kier alpha value is -2.52. The van der Waals surface area contributed by atoms with Crippen LogP contribution >= 0.6 is 0 Å². The Morgan fingerprint density at radius 1 is 1.11 bits per heavy atom. The monoisotopic (exact) mass is 522 g/mol. The van der Waals surface area contributed by atoms with E-state index in [-0.39, 0.29) is 24.2 Å². The maximum absolute atomic E-state index is 13.3. The summed E-state index contributed by atoms with van der Waals surface area (Å²) in [6.45, 7) is 5.70. The summed E-state index contributed by atoms with van der Waals surface area (Å²) in [5, 5.41) is 7.22. The van der Waals surface area contributed by atoms with Gasteiger partial charge in [0.15, 0.2) is 0 Å². The minimum atomic E-state index is 0.0498. The molecule has 0 radical (unpaired) electrons. The average molecular weight is 523 g/mol. The number of aromatic nitrogens is 1. The molecule has 8 heteroatoms. The minimum absolute atomic E-state index is 0.0498.